The summed E-state index contributed by atoms with van der Waals surface area (Å²) < 4.78 is 10.3. The van der Waals surface area contributed by atoms with Gasteiger partial charge in [0.05, 0.1) is 25.8 Å². The first-order valence-corrected chi connectivity index (χ1v) is 5.99. The largest absolute Gasteiger partial charge is 0.433 e. The Labute approximate surface area is 105 Å². The van der Waals surface area contributed by atoms with E-state index in [9.17, 15) is 10.1 Å². The van der Waals surface area contributed by atoms with Gasteiger partial charge in [-0.2, -0.15) is 0 Å². The van der Waals surface area contributed by atoms with Crippen LogP contribution in [0.4, 0.5) is 5.88 Å². The average Bonchev–Trinajstić information content (AvgIpc) is 2.85. The lowest BCUT2D eigenvalue weighted by Gasteiger charge is -2.26. The molecular weight excluding hydrogens is 238 g/mol. The zero-order valence-corrected chi connectivity index (χ0v) is 10.1. The lowest BCUT2D eigenvalue weighted by molar-refractivity contribution is -0.402. The van der Waals surface area contributed by atoms with Crippen LogP contribution < -0.4 is 5.32 Å². The van der Waals surface area contributed by atoms with Gasteiger partial charge in [-0.25, -0.2) is 0 Å². The topological polar surface area (TPSA) is 80.8 Å². The molecule has 0 aliphatic carbocycles. The van der Waals surface area contributed by atoms with Crippen LogP contribution >= 0.6 is 0 Å². The van der Waals surface area contributed by atoms with Crippen LogP contribution in [-0.4, -0.2) is 49.2 Å². The first kappa shape index (κ1) is 13.0. The van der Waals surface area contributed by atoms with Crippen LogP contribution in [0.15, 0.2) is 16.5 Å². The zero-order valence-electron chi connectivity index (χ0n) is 10.1. The fourth-order valence-corrected chi connectivity index (χ4v) is 1.83. The maximum Gasteiger partial charge on any atom is 0.433 e. The lowest BCUT2D eigenvalue weighted by atomic mass is 10.4. The maximum atomic E-state index is 10.4. The van der Waals surface area contributed by atoms with Crippen molar-refractivity contribution < 1.29 is 14.1 Å². The third-order valence-corrected chi connectivity index (χ3v) is 2.84. The van der Waals surface area contributed by atoms with Crippen LogP contribution in [0.2, 0.25) is 0 Å². The number of morpholine rings is 1. The molecule has 1 fully saturated rings. The monoisotopic (exact) mass is 255 g/mol. The smallest absolute Gasteiger partial charge is 0.404 e. The number of nitrogens with zero attached hydrogens (tertiary/aromatic N) is 2. The number of hydrogen-bond donors (Lipinski definition) is 1. The summed E-state index contributed by atoms with van der Waals surface area (Å²) in [4.78, 5) is 12.2. The summed E-state index contributed by atoms with van der Waals surface area (Å²) in [6, 6.07) is 3.00. The van der Waals surface area contributed by atoms with E-state index < -0.39 is 4.92 Å². The van der Waals surface area contributed by atoms with Crippen LogP contribution in [-0.2, 0) is 11.3 Å². The molecule has 0 atom stereocenters. The average molecular weight is 255 g/mol. The summed E-state index contributed by atoms with van der Waals surface area (Å²) in [5, 5.41) is 13.6. The number of rotatable bonds is 6. The quantitative estimate of drug-likeness (QED) is 0.455. The second-order valence-electron chi connectivity index (χ2n) is 4.13. The van der Waals surface area contributed by atoms with E-state index in [0.717, 1.165) is 39.4 Å². The van der Waals surface area contributed by atoms with Gasteiger partial charge in [-0.15, -0.1) is 0 Å². The third-order valence-electron chi connectivity index (χ3n) is 2.84. The predicted molar refractivity (Wildman–Crippen MR) is 64.3 cm³/mol. The van der Waals surface area contributed by atoms with Crippen LogP contribution in [0.3, 0.4) is 0 Å². The van der Waals surface area contributed by atoms with Crippen molar-refractivity contribution in [2.45, 2.75) is 6.54 Å². The van der Waals surface area contributed by atoms with Crippen molar-refractivity contribution in [1.29, 1.82) is 0 Å². The van der Waals surface area contributed by atoms with E-state index >= 15 is 0 Å². The Morgan fingerprint density at radius 3 is 2.83 bits per heavy atom. The van der Waals surface area contributed by atoms with Crippen LogP contribution in [0.5, 0.6) is 0 Å². The maximum absolute atomic E-state index is 10.4. The highest BCUT2D eigenvalue weighted by Gasteiger charge is 2.12. The van der Waals surface area contributed by atoms with Crippen LogP contribution in [0, 0.1) is 10.1 Å². The standard InChI is InChI=1S/C11H17N3O4/c15-14(16)11-2-1-10(18-11)9-12-3-4-13-5-7-17-8-6-13/h1-2,12H,3-9H2. The summed E-state index contributed by atoms with van der Waals surface area (Å²) in [5.74, 6) is 0.378. The van der Waals surface area contributed by atoms with Crippen molar-refractivity contribution in [2.75, 3.05) is 39.4 Å². The van der Waals surface area contributed by atoms with Gasteiger partial charge < -0.3 is 14.5 Å². The first-order chi connectivity index (χ1) is 8.75. The Hall–Kier alpha value is -1.44. The van der Waals surface area contributed by atoms with Gasteiger partial charge in [0.1, 0.15) is 10.7 Å². The fraction of sp³-hybridized carbons (Fsp3) is 0.636. The second-order valence-corrected chi connectivity index (χ2v) is 4.13. The molecule has 1 aliphatic heterocycles. The Kier molecular flexibility index (Phi) is 4.68. The summed E-state index contributed by atoms with van der Waals surface area (Å²) in [6.07, 6.45) is 0. The number of hydrogen-bond acceptors (Lipinski definition) is 6. The highest BCUT2D eigenvalue weighted by molar-refractivity contribution is 5.17. The van der Waals surface area contributed by atoms with Gasteiger partial charge in [0.2, 0.25) is 0 Å². The summed E-state index contributed by atoms with van der Waals surface area (Å²) in [7, 11) is 0. The molecule has 100 valence electrons. The molecule has 2 heterocycles. The minimum atomic E-state index is -0.531. The van der Waals surface area contributed by atoms with Crippen molar-refractivity contribution in [3.63, 3.8) is 0 Å². The van der Waals surface area contributed by atoms with E-state index in [-0.39, 0.29) is 5.88 Å². The fourth-order valence-electron chi connectivity index (χ4n) is 1.83. The molecule has 1 aromatic rings. The van der Waals surface area contributed by atoms with Gasteiger partial charge in [0.25, 0.3) is 0 Å². The number of nitrogens with one attached hydrogen (secondary N) is 1. The first-order valence-electron chi connectivity index (χ1n) is 5.99. The summed E-state index contributed by atoms with van der Waals surface area (Å²) >= 11 is 0. The summed E-state index contributed by atoms with van der Waals surface area (Å²) in [6.45, 7) is 5.81. The molecule has 0 aromatic carbocycles. The molecule has 0 radical (unpaired) electrons. The van der Waals surface area contributed by atoms with Gasteiger partial charge in [-0.1, -0.05) is 0 Å². The Morgan fingerprint density at radius 1 is 1.39 bits per heavy atom. The highest BCUT2D eigenvalue weighted by Crippen LogP contribution is 2.14. The van der Waals surface area contributed by atoms with Crippen molar-refractivity contribution >= 4 is 5.88 Å². The number of nitro groups is 1. The van der Waals surface area contributed by atoms with Gasteiger partial charge in [-0.05, 0) is 6.07 Å². The molecular formula is C11H17N3O4. The van der Waals surface area contributed by atoms with E-state index in [4.69, 9.17) is 9.15 Å². The van der Waals surface area contributed by atoms with Crippen LogP contribution in [0.1, 0.15) is 5.76 Å². The molecule has 0 bridgehead atoms. The Morgan fingerprint density at radius 2 is 2.17 bits per heavy atom. The molecule has 7 nitrogen and oxygen atoms in total. The van der Waals surface area contributed by atoms with Gasteiger partial charge in [0.15, 0.2) is 0 Å². The molecule has 7 heteroatoms. The van der Waals surface area contributed by atoms with Crippen molar-refractivity contribution in [1.82, 2.24) is 10.2 Å². The molecule has 0 saturated carbocycles. The summed E-state index contributed by atoms with van der Waals surface area (Å²) in [5.41, 5.74) is 0. The Balaban J connectivity index is 1.63. The second kappa shape index (κ2) is 6.48. The van der Waals surface area contributed by atoms with E-state index in [0.29, 0.717) is 12.3 Å². The van der Waals surface area contributed by atoms with Gasteiger partial charge >= 0.3 is 5.88 Å². The van der Waals surface area contributed by atoms with Crippen LogP contribution in [0.25, 0.3) is 0 Å². The molecule has 2 rings (SSSR count). The lowest BCUT2D eigenvalue weighted by Crippen LogP contribution is -2.40. The number of ether oxygens (including phenoxy) is 1. The zero-order chi connectivity index (χ0) is 12.8. The van der Waals surface area contributed by atoms with E-state index in [1.165, 1.54) is 6.07 Å². The minimum absolute atomic E-state index is 0.208. The molecule has 18 heavy (non-hydrogen) atoms. The normalized spacial score (nSPS) is 16.9. The highest BCUT2D eigenvalue weighted by atomic mass is 16.6. The molecule has 0 unspecified atom stereocenters. The minimum Gasteiger partial charge on any atom is -0.404 e. The van der Waals surface area contributed by atoms with Crippen molar-refractivity contribution in [3.8, 4) is 0 Å². The van der Waals surface area contributed by atoms with E-state index in [1.54, 1.807) is 6.07 Å². The molecule has 1 aromatic heterocycles. The van der Waals surface area contributed by atoms with E-state index in [2.05, 4.69) is 10.2 Å². The SMILES string of the molecule is O=[N+]([O-])c1ccc(CNCCN2CCOCC2)o1. The van der Waals surface area contributed by atoms with Crippen molar-refractivity contribution in [3.05, 3.63) is 28.0 Å². The van der Waals surface area contributed by atoms with Gasteiger partial charge in [-0.3, -0.25) is 15.0 Å². The predicted octanol–water partition coefficient (Wildman–Crippen LogP) is 0.610. The Bertz CT molecular complexity index is 387. The molecule has 1 aliphatic rings. The van der Waals surface area contributed by atoms with Crippen molar-refractivity contribution in [2.24, 2.45) is 0 Å². The molecule has 1 N–H and O–H groups in total. The van der Waals surface area contributed by atoms with E-state index in [1.807, 2.05) is 0 Å². The van der Waals surface area contributed by atoms with Gasteiger partial charge in [0, 0.05) is 26.2 Å². The molecule has 0 spiro atoms. The third kappa shape index (κ3) is 3.80. The molecule has 1 saturated heterocycles. The number of furan rings is 1. The molecule has 0 amide bonds.